The van der Waals surface area contributed by atoms with E-state index in [1.54, 1.807) is 24.7 Å². The molecule has 7 nitrogen and oxygen atoms in total. The fraction of sp³-hybridized carbons (Fsp3) is 0.190. The van der Waals surface area contributed by atoms with Crippen LogP contribution >= 0.6 is 0 Å². The van der Waals surface area contributed by atoms with E-state index in [4.69, 9.17) is 4.98 Å². The number of nitrogens with one attached hydrogen (secondary N) is 2. The van der Waals surface area contributed by atoms with Crippen molar-refractivity contribution in [2.45, 2.75) is 25.2 Å². The summed E-state index contributed by atoms with van der Waals surface area (Å²) < 4.78 is 13.8. The maximum Gasteiger partial charge on any atom is 0.259 e. The zero-order valence-electron chi connectivity index (χ0n) is 15.2. The lowest BCUT2D eigenvalue weighted by molar-refractivity contribution is 0.421. The number of nitrogens with zero attached hydrogens (tertiary/aromatic N) is 4. The number of rotatable bonds is 2. The number of hydrogen-bond acceptors (Lipinski definition) is 5. The molecule has 5 aromatic heterocycles. The summed E-state index contributed by atoms with van der Waals surface area (Å²) in [7, 11) is 0. The van der Waals surface area contributed by atoms with Crippen molar-refractivity contribution >= 4 is 33.0 Å². The zero-order chi connectivity index (χ0) is 19.5. The highest BCUT2D eigenvalue weighted by atomic mass is 19.1. The number of aromatic nitrogens is 6. The Morgan fingerprint density at radius 2 is 1.93 bits per heavy atom. The number of pyridine rings is 3. The molecule has 29 heavy (non-hydrogen) atoms. The average molecular weight is 386 g/mol. The molecule has 0 bridgehead atoms. The Hall–Kier alpha value is -3.68. The van der Waals surface area contributed by atoms with Crippen LogP contribution in [-0.2, 0) is 0 Å². The van der Waals surface area contributed by atoms with Gasteiger partial charge in [-0.3, -0.25) is 9.78 Å². The van der Waals surface area contributed by atoms with Crippen molar-refractivity contribution in [1.82, 2.24) is 29.9 Å². The quantitative estimate of drug-likeness (QED) is 0.480. The summed E-state index contributed by atoms with van der Waals surface area (Å²) in [4.78, 5) is 36.4. The van der Waals surface area contributed by atoms with E-state index in [1.807, 2.05) is 0 Å². The lowest BCUT2D eigenvalue weighted by atomic mass is 9.79. The Morgan fingerprint density at radius 3 is 2.76 bits per heavy atom. The Morgan fingerprint density at radius 1 is 1.03 bits per heavy atom. The van der Waals surface area contributed by atoms with Gasteiger partial charge in [0.05, 0.1) is 23.3 Å². The van der Waals surface area contributed by atoms with Gasteiger partial charge < -0.3 is 9.97 Å². The van der Waals surface area contributed by atoms with Crippen molar-refractivity contribution in [2.75, 3.05) is 0 Å². The fourth-order valence-electron chi connectivity index (χ4n) is 4.14. The zero-order valence-corrected chi connectivity index (χ0v) is 15.2. The van der Waals surface area contributed by atoms with Crippen LogP contribution in [0.25, 0.3) is 44.4 Å². The molecule has 0 spiro atoms. The molecule has 142 valence electrons. The monoisotopic (exact) mass is 386 g/mol. The third kappa shape index (κ3) is 2.38. The third-order valence-corrected chi connectivity index (χ3v) is 5.76. The minimum atomic E-state index is -0.442. The van der Waals surface area contributed by atoms with Crippen molar-refractivity contribution in [3.63, 3.8) is 0 Å². The molecule has 1 aliphatic rings. The van der Waals surface area contributed by atoms with E-state index in [1.165, 1.54) is 12.5 Å². The van der Waals surface area contributed by atoms with Crippen LogP contribution in [0.15, 0.2) is 41.7 Å². The normalized spacial score (nSPS) is 14.7. The summed E-state index contributed by atoms with van der Waals surface area (Å²) in [5, 5.41) is 1.86. The first kappa shape index (κ1) is 16.3. The van der Waals surface area contributed by atoms with Gasteiger partial charge in [-0.15, -0.1) is 0 Å². The van der Waals surface area contributed by atoms with E-state index in [0.29, 0.717) is 50.3 Å². The molecule has 1 fully saturated rings. The van der Waals surface area contributed by atoms with Crippen molar-refractivity contribution in [2.24, 2.45) is 0 Å². The standard InChI is InChI=1S/C21H15FN6O/c22-11-6-13-16-12(4-5-24-20(16)27-18(13)25-7-11)19-26-15-9-23-8-14(10-2-1-3-10)17(15)21(29)28-19/h4-10H,1-3H2,(H,24,25,27)(H,26,28,29). The molecule has 2 N–H and O–H groups in total. The first-order valence-corrected chi connectivity index (χ1v) is 9.49. The van der Waals surface area contributed by atoms with Crippen LogP contribution in [0.3, 0.4) is 0 Å². The van der Waals surface area contributed by atoms with Crippen LogP contribution in [-0.4, -0.2) is 29.9 Å². The smallest absolute Gasteiger partial charge is 0.259 e. The number of H-pyrrole nitrogens is 2. The van der Waals surface area contributed by atoms with E-state index in [2.05, 4.69) is 24.9 Å². The molecule has 0 aliphatic heterocycles. The topological polar surface area (TPSA) is 100 Å². The summed E-state index contributed by atoms with van der Waals surface area (Å²) in [5.41, 5.74) is 3.07. The summed E-state index contributed by atoms with van der Waals surface area (Å²) in [5.74, 6) is 0.324. The number of aromatic amines is 2. The first-order chi connectivity index (χ1) is 14.2. The van der Waals surface area contributed by atoms with E-state index >= 15 is 0 Å². The molecule has 8 heteroatoms. The fourth-order valence-corrected chi connectivity index (χ4v) is 4.14. The molecule has 0 aromatic carbocycles. The van der Waals surface area contributed by atoms with Crippen LogP contribution < -0.4 is 5.56 Å². The maximum atomic E-state index is 13.8. The first-order valence-electron chi connectivity index (χ1n) is 9.49. The van der Waals surface area contributed by atoms with Gasteiger partial charge in [0.1, 0.15) is 22.9 Å². The van der Waals surface area contributed by atoms with E-state index in [9.17, 15) is 9.18 Å². The highest BCUT2D eigenvalue weighted by Crippen LogP contribution is 2.38. The van der Waals surface area contributed by atoms with Crippen LogP contribution in [0.2, 0.25) is 0 Å². The lowest BCUT2D eigenvalue weighted by Crippen LogP contribution is -2.17. The molecule has 6 rings (SSSR count). The summed E-state index contributed by atoms with van der Waals surface area (Å²) >= 11 is 0. The van der Waals surface area contributed by atoms with Gasteiger partial charge in [0, 0.05) is 28.7 Å². The van der Waals surface area contributed by atoms with Gasteiger partial charge in [-0.25, -0.2) is 19.3 Å². The second-order valence-corrected chi connectivity index (χ2v) is 7.42. The van der Waals surface area contributed by atoms with Gasteiger partial charge >= 0.3 is 0 Å². The Bertz CT molecular complexity index is 1480. The minimum Gasteiger partial charge on any atom is -0.324 e. The number of halogens is 1. The molecule has 0 saturated heterocycles. The Labute approximate surface area is 163 Å². The summed E-state index contributed by atoms with van der Waals surface area (Å²) in [6.45, 7) is 0. The van der Waals surface area contributed by atoms with E-state index in [0.717, 1.165) is 24.6 Å². The largest absolute Gasteiger partial charge is 0.324 e. The van der Waals surface area contributed by atoms with Gasteiger partial charge in [0.15, 0.2) is 0 Å². The predicted octanol–water partition coefficient (Wildman–Crippen LogP) is 3.82. The van der Waals surface area contributed by atoms with Gasteiger partial charge in [-0.1, -0.05) is 6.42 Å². The van der Waals surface area contributed by atoms with Crippen molar-refractivity contribution in [3.8, 4) is 11.4 Å². The lowest BCUT2D eigenvalue weighted by Gasteiger charge is -2.26. The predicted molar refractivity (Wildman–Crippen MR) is 107 cm³/mol. The summed E-state index contributed by atoms with van der Waals surface area (Å²) in [6.07, 6.45) is 9.48. The average Bonchev–Trinajstić information content (AvgIpc) is 3.04. The van der Waals surface area contributed by atoms with Gasteiger partial charge in [0.2, 0.25) is 0 Å². The molecule has 1 aliphatic carbocycles. The third-order valence-electron chi connectivity index (χ3n) is 5.76. The molecule has 0 atom stereocenters. The number of hydrogen-bond donors (Lipinski definition) is 2. The molecular formula is C21H15FN6O. The summed E-state index contributed by atoms with van der Waals surface area (Å²) in [6, 6.07) is 3.16. The van der Waals surface area contributed by atoms with Gasteiger partial charge in [0.25, 0.3) is 5.56 Å². The molecule has 0 amide bonds. The van der Waals surface area contributed by atoms with Crippen LogP contribution in [0.5, 0.6) is 0 Å². The van der Waals surface area contributed by atoms with Crippen molar-refractivity contribution < 1.29 is 4.39 Å². The maximum absolute atomic E-state index is 13.8. The minimum absolute atomic E-state index is 0.191. The van der Waals surface area contributed by atoms with Crippen LogP contribution in [0, 0.1) is 5.82 Å². The van der Waals surface area contributed by atoms with Gasteiger partial charge in [-0.05, 0) is 36.5 Å². The molecule has 5 aromatic rings. The van der Waals surface area contributed by atoms with Crippen LogP contribution in [0.1, 0.15) is 30.7 Å². The van der Waals surface area contributed by atoms with Crippen molar-refractivity contribution in [1.29, 1.82) is 0 Å². The highest BCUT2D eigenvalue weighted by Gasteiger charge is 2.24. The molecule has 1 saturated carbocycles. The second-order valence-electron chi connectivity index (χ2n) is 7.42. The molecule has 0 radical (unpaired) electrons. The van der Waals surface area contributed by atoms with E-state index in [-0.39, 0.29) is 5.56 Å². The van der Waals surface area contributed by atoms with Gasteiger partial charge in [-0.2, -0.15) is 0 Å². The van der Waals surface area contributed by atoms with E-state index < -0.39 is 5.82 Å². The number of fused-ring (bicyclic) bond motifs is 4. The van der Waals surface area contributed by atoms with Crippen molar-refractivity contribution in [3.05, 3.63) is 58.7 Å². The highest BCUT2D eigenvalue weighted by molar-refractivity contribution is 6.11. The Kier molecular flexibility index (Phi) is 3.32. The Balaban J connectivity index is 1.64. The molecule has 5 heterocycles. The molecule has 0 unspecified atom stereocenters. The second kappa shape index (κ2) is 5.91. The van der Waals surface area contributed by atoms with Crippen LogP contribution in [0.4, 0.5) is 4.39 Å². The SMILES string of the molecule is O=c1[nH]c(-c2ccnc3[nH]c4ncc(F)cc4c23)nc2cncc(C3CCC3)c12. The molecular weight excluding hydrogens is 371 g/mol.